The molecule has 2 amide bonds. The van der Waals surface area contributed by atoms with Gasteiger partial charge in [0, 0.05) is 31.2 Å². The third-order valence-electron chi connectivity index (χ3n) is 3.48. The molecule has 0 aliphatic carbocycles. The zero-order chi connectivity index (χ0) is 19.1. The van der Waals surface area contributed by atoms with Crippen molar-refractivity contribution in [3.8, 4) is 0 Å². The number of halogens is 1. The average Bonchev–Trinajstić information content (AvgIpc) is 2.59. The lowest BCUT2D eigenvalue weighted by atomic mass is 10.2. The summed E-state index contributed by atoms with van der Waals surface area (Å²) in [5, 5.41) is 3.17. The van der Waals surface area contributed by atoms with Crippen molar-refractivity contribution in [1.29, 1.82) is 0 Å². The Balaban J connectivity index is 1.90. The SMILES string of the molecule is CC(=O)Nc1cccc(C(=O)OCC(=O)N(C)Cc2cccc(Cl)c2)c1. The van der Waals surface area contributed by atoms with Crippen molar-refractivity contribution < 1.29 is 19.1 Å². The van der Waals surface area contributed by atoms with Crippen LogP contribution >= 0.6 is 11.6 Å². The summed E-state index contributed by atoms with van der Waals surface area (Å²) in [6, 6.07) is 13.5. The molecule has 136 valence electrons. The van der Waals surface area contributed by atoms with E-state index < -0.39 is 5.97 Å². The van der Waals surface area contributed by atoms with Crippen LogP contribution in [-0.4, -0.2) is 36.3 Å². The summed E-state index contributed by atoms with van der Waals surface area (Å²) in [5.74, 6) is -1.22. The topological polar surface area (TPSA) is 75.7 Å². The molecule has 0 aliphatic heterocycles. The van der Waals surface area contributed by atoms with E-state index in [1.165, 1.54) is 17.9 Å². The molecule has 0 unspecified atom stereocenters. The predicted molar refractivity (Wildman–Crippen MR) is 99.0 cm³/mol. The first-order chi connectivity index (χ1) is 12.3. The average molecular weight is 375 g/mol. The number of ether oxygens (including phenoxy) is 1. The Hall–Kier alpha value is -2.86. The Morgan fingerprint density at radius 1 is 1.12 bits per heavy atom. The summed E-state index contributed by atoms with van der Waals surface area (Å²) in [7, 11) is 1.62. The number of hydrogen-bond acceptors (Lipinski definition) is 4. The second kappa shape index (κ2) is 9.01. The van der Waals surface area contributed by atoms with Gasteiger partial charge in [-0.3, -0.25) is 9.59 Å². The number of rotatable bonds is 6. The molecule has 7 heteroatoms. The molecule has 0 fully saturated rings. The minimum Gasteiger partial charge on any atom is -0.452 e. The molecule has 0 heterocycles. The van der Waals surface area contributed by atoms with E-state index in [4.69, 9.17) is 16.3 Å². The highest BCUT2D eigenvalue weighted by molar-refractivity contribution is 6.30. The molecule has 0 aliphatic rings. The standard InChI is InChI=1S/C19H19ClN2O4/c1-13(23)21-17-8-4-6-15(10-17)19(25)26-12-18(24)22(2)11-14-5-3-7-16(20)9-14/h3-10H,11-12H2,1-2H3,(H,21,23). The first-order valence-electron chi connectivity index (χ1n) is 7.88. The number of nitrogens with zero attached hydrogens (tertiary/aromatic N) is 1. The molecule has 6 nitrogen and oxygen atoms in total. The summed E-state index contributed by atoms with van der Waals surface area (Å²) in [6.45, 7) is 1.36. The van der Waals surface area contributed by atoms with E-state index in [1.807, 2.05) is 6.07 Å². The van der Waals surface area contributed by atoms with Crippen LogP contribution in [0.3, 0.4) is 0 Å². The quantitative estimate of drug-likeness (QED) is 0.788. The fourth-order valence-corrected chi connectivity index (χ4v) is 2.46. The number of benzene rings is 2. The highest BCUT2D eigenvalue weighted by atomic mass is 35.5. The molecule has 0 saturated carbocycles. The maximum Gasteiger partial charge on any atom is 0.338 e. The van der Waals surface area contributed by atoms with Gasteiger partial charge in [-0.1, -0.05) is 29.8 Å². The second-order valence-corrected chi connectivity index (χ2v) is 6.15. The van der Waals surface area contributed by atoms with Gasteiger partial charge in [-0.25, -0.2) is 4.79 Å². The van der Waals surface area contributed by atoms with Crippen LogP contribution in [0.5, 0.6) is 0 Å². The number of anilines is 1. The number of amides is 2. The number of esters is 1. The molecule has 0 saturated heterocycles. The van der Waals surface area contributed by atoms with Crippen LogP contribution in [0.1, 0.15) is 22.8 Å². The molecule has 0 radical (unpaired) electrons. The van der Waals surface area contributed by atoms with E-state index in [1.54, 1.807) is 43.4 Å². The monoisotopic (exact) mass is 374 g/mol. The van der Waals surface area contributed by atoms with Gasteiger partial charge in [-0.05, 0) is 35.9 Å². The van der Waals surface area contributed by atoms with Gasteiger partial charge in [0.2, 0.25) is 5.91 Å². The van der Waals surface area contributed by atoms with Crippen LogP contribution in [0.25, 0.3) is 0 Å². The Bertz CT molecular complexity index is 823. The molecule has 2 rings (SSSR count). The second-order valence-electron chi connectivity index (χ2n) is 5.72. The minimum absolute atomic E-state index is 0.242. The lowest BCUT2D eigenvalue weighted by Crippen LogP contribution is -2.30. The van der Waals surface area contributed by atoms with Crippen molar-refractivity contribution in [2.45, 2.75) is 13.5 Å². The first-order valence-corrected chi connectivity index (χ1v) is 8.26. The van der Waals surface area contributed by atoms with Gasteiger partial charge in [0.05, 0.1) is 5.56 Å². The van der Waals surface area contributed by atoms with Gasteiger partial charge in [0.15, 0.2) is 6.61 Å². The number of likely N-dealkylation sites (N-methyl/N-ethyl adjacent to an activating group) is 1. The lowest BCUT2D eigenvalue weighted by molar-refractivity contribution is -0.133. The van der Waals surface area contributed by atoms with Crippen LogP contribution in [0.2, 0.25) is 5.02 Å². The van der Waals surface area contributed by atoms with Crippen molar-refractivity contribution >= 4 is 35.1 Å². The smallest absolute Gasteiger partial charge is 0.338 e. The van der Waals surface area contributed by atoms with Crippen molar-refractivity contribution in [3.05, 3.63) is 64.7 Å². The number of nitrogens with one attached hydrogen (secondary N) is 1. The minimum atomic E-state index is -0.637. The number of carbonyl (C=O) groups is 3. The largest absolute Gasteiger partial charge is 0.452 e. The van der Waals surface area contributed by atoms with Gasteiger partial charge < -0.3 is 15.0 Å². The van der Waals surface area contributed by atoms with E-state index in [-0.39, 0.29) is 24.0 Å². The van der Waals surface area contributed by atoms with Gasteiger partial charge in [-0.15, -0.1) is 0 Å². The van der Waals surface area contributed by atoms with Crippen LogP contribution < -0.4 is 5.32 Å². The van der Waals surface area contributed by atoms with Gasteiger partial charge in [0.25, 0.3) is 5.91 Å². The summed E-state index contributed by atoms with van der Waals surface area (Å²) < 4.78 is 5.06. The summed E-state index contributed by atoms with van der Waals surface area (Å²) in [6.07, 6.45) is 0. The predicted octanol–water partition coefficient (Wildman–Crippen LogP) is 3.11. The fraction of sp³-hybridized carbons (Fsp3) is 0.211. The molecule has 0 bridgehead atoms. The number of hydrogen-bond donors (Lipinski definition) is 1. The van der Waals surface area contributed by atoms with Crippen LogP contribution in [0.15, 0.2) is 48.5 Å². The molecule has 2 aromatic carbocycles. The Labute approximate surface area is 156 Å². The highest BCUT2D eigenvalue weighted by Crippen LogP contribution is 2.13. The fourth-order valence-electron chi connectivity index (χ4n) is 2.25. The van der Waals surface area contributed by atoms with Crippen LogP contribution in [0, 0.1) is 0 Å². The van der Waals surface area contributed by atoms with E-state index >= 15 is 0 Å². The van der Waals surface area contributed by atoms with Gasteiger partial charge >= 0.3 is 5.97 Å². The molecule has 0 aromatic heterocycles. The van der Waals surface area contributed by atoms with Crippen molar-refractivity contribution in [3.63, 3.8) is 0 Å². The van der Waals surface area contributed by atoms with E-state index in [2.05, 4.69) is 5.32 Å². The van der Waals surface area contributed by atoms with E-state index in [0.717, 1.165) is 5.56 Å². The Morgan fingerprint density at radius 3 is 2.54 bits per heavy atom. The normalized spacial score (nSPS) is 10.1. The van der Waals surface area contributed by atoms with Gasteiger partial charge in [0.1, 0.15) is 0 Å². The summed E-state index contributed by atoms with van der Waals surface area (Å²) >= 11 is 5.92. The third kappa shape index (κ3) is 5.89. The number of carbonyl (C=O) groups excluding carboxylic acids is 3. The summed E-state index contributed by atoms with van der Waals surface area (Å²) in [4.78, 5) is 36.7. The summed E-state index contributed by atoms with van der Waals surface area (Å²) in [5.41, 5.74) is 1.61. The molecule has 2 aromatic rings. The first kappa shape index (κ1) is 19.5. The van der Waals surface area contributed by atoms with E-state index in [0.29, 0.717) is 17.3 Å². The lowest BCUT2D eigenvalue weighted by Gasteiger charge is -2.17. The molecule has 0 spiro atoms. The highest BCUT2D eigenvalue weighted by Gasteiger charge is 2.14. The molecule has 1 N–H and O–H groups in total. The molecular formula is C19H19ClN2O4. The molecular weight excluding hydrogens is 356 g/mol. The van der Waals surface area contributed by atoms with E-state index in [9.17, 15) is 14.4 Å². The Kier molecular flexibility index (Phi) is 6.74. The van der Waals surface area contributed by atoms with Gasteiger partial charge in [-0.2, -0.15) is 0 Å². The zero-order valence-electron chi connectivity index (χ0n) is 14.5. The van der Waals surface area contributed by atoms with Crippen LogP contribution in [-0.2, 0) is 20.9 Å². The third-order valence-corrected chi connectivity index (χ3v) is 3.72. The zero-order valence-corrected chi connectivity index (χ0v) is 15.2. The van der Waals surface area contributed by atoms with Crippen molar-refractivity contribution in [2.24, 2.45) is 0 Å². The maximum absolute atomic E-state index is 12.1. The van der Waals surface area contributed by atoms with Crippen molar-refractivity contribution in [1.82, 2.24) is 4.90 Å². The maximum atomic E-state index is 12.1. The Morgan fingerprint density at radius 2 is 1.85 bits per heavy atom. The molecule has 26 heavy (non-hydrogen) atoms. The van der Waals surface area contributed by atoms with Crippen molar-refractivity contribution in [2.75, 3.05) is 19.0 Å². The van der Waals surface area contributed by atoms with Crippen LogP contribution in [0.4, 0.5) is 5.69 Å². The molecule has 0 atom stereocenters.